The number of hydrogen-bond donors (Lipinski definition) is 0. The molecule has 2 aliphatic rings. The molecule has 0 saturated heterocycles. The van der Waals surface area contributed by atoms with Crippen LogP contribution in [-0.4, -0.2) is 21.7 Å². The number of alkyl halides is 4. The van der Waals surface area contributed by atoms with E-state index in [4.69, 9.17) is 4.74 Å². The number of fused-ring (bicyclic) bond motifs is 2. The van der Waals surface area contributed by atoms with Crippen molar-refractivity contribution in [3.05, 3.63) is 70.3 Å². The fourth-order valence-corrected chi connectivity index (χ4v) is 4.67. The summed E-state index contributed by atoms with van der Waals surface area (Å²) in [5.41, 5.74) is 1.36. The Morgan fingerprint density at radius 2 is 1.86 bits per heavy atom. The lowest BCUT2D eigenvalue weighted by Crippen LogP contribution is -2.39. The molecule has 146 valence electrons. The Hall–Kier alpha value is -2.28. The summed E-state index contributed by atoms with van der Waals surface area (Å²) in [6.07, 6.45) is -4.49. The lowest BCUT2D eigenvalue weighted by molar-refractivity contribution is -0.137. The molecule has 0 aromatic heterocycles. The van der Waals surface area contributed by atoms with E-state index in [2.05, 4.69) is 15.9 Å². The largest absolute Gasteiger partial charge is 0.483 e. The maximum Gasteiger partial charge on any atom is 0.416 e. The summed E-state index contributed by atoms with van der Waals surface area (Å²) in [5.74, 6) is 0.117. The van der Waals surface area contributed by atoms with Gasteiger partial charge >= 0.3 is 6.18 Å². The van der Waals surface area contributed by atoms with Crippen molar-refractivity contribution in [2.75, 3.05) is 5.33 Å². The Bertz CT molecular complexity index is 1010. The molecular weight excluding hydrogens is 435 g/mol. The van der Waals surface area contributed by atoms with Gasteiger partial charge in [0, 0.05) is 22.0 Å². The molecule has 0 radical (unpaired) electrons. The molecule has 0 aliphatic carbocycles. The van der Waals surface area contributed by atoms with E-state index in [-0.39, 0.29) is 11.5 Å². The average molecular weight is 452 g/mol. The molecule has 28 heavy (non-hydrogen) atoms. The van der Waals surface area contributed by atoms with Crippen molar-refractivity contribution in [3.63, 3.8) is 0 Å². The highest BCUT2D eigenvalue weighted by molar-refractivity contribution is 9.09. The summed E-state index contributed by atoms with van der Waals surface area (Å²) in [4.78, 5) is 14.6. The predicted octanol–water partition coefficient (Wildman–Crippen LogP) is 5.64. The van der Waals surface area contributed by atoms with Crippen molar-refractivity contribution in [1.29, 1.82) is 0 Å². The maximum atomic E-state index is 13.3. The minimum atomic E-state index is -4.49. The van der Waals surface area contributed by atoms with E-state index in [1.807, 2.05) is 26.0 Å². The van der Waals surface area contributed by atoms with Gasteiger partial charge in [-0.15, -0.1) is 0 Å². The zero-order valence-corrected chi connectivity index (χ0v) is 16.8. The summed E-state index contributed by atoms with van der Waals surface area (Å²) in [6, 6.07) is 10.6. The van der Waals surface area contributed by atoms with Gasteiger partial charge in [-0.2, -0.15) is 13.2 Å². The van der Waals surface area contributed by atoms with E-state index in [1.165, 1.54) is 6.07 Å². The third kappa shape index (κ3) is 2.92. The summed E-state index contributed by atoms with van der Waals surface area (Å²) in [6.45, 7) is 4.00. The van der Waals surface area contributed by atoms with Crippen LogP contribution in [0.4, 0.5) is 13.2 Å². The van der Waals surface area contributed by atoms with Crippen molar-refractivity contribution in [1.82, 2.24) is 4.90 Å². The molecule has 0 atom stereocenters. The quantitative estimate of drug-likeness (QED) is 0.553. The first-order valence-electron chi connectivity index (χ1n) is 8.73. The first kappa shape index (κ1) is 19.1. The predicted molar refractivity (Wildman–Crippen MR) is 103 cm³/mol. The van der Waals surface area contributed by atoms with E-state index in [1.54, 1.807) is 17.0 Å². The number of benzene rings is 2. The first-order chi connectivity index (χ1) is 13.1. The molecular formula is C21H17BrF3NO2. The van der Waals surface area contributed by atoms with Crippen LogP contribution in [0.2, 0.25) is 0 Å². The zero-order chi connectivity index (χ0) is 20.3. The van der Waals surface area contributed by atoms with Crippen molar-refractivity contribution in [2.45, 2.75) is 32.2 Å². The van der Waals surface area contributed by atoms with Gasteiger partial charge in [0.15, 0.2) is 0 Å². The van der Waals surface area contributed by atoms with Crippen LogP contribution in [-0.2, 0) is 12.7 Å². The van der Waals surface area contributed by atoms with Crippen LogP contribution in [0.3, 0.4) is 0 Å². The van der Waals surface area contributed by atoms with Crippen LogP contribution in [0.5, 0.6) is 5.75 Å². The van der Waals surface area contributed by atoms with Gasteiger partial charge in [-0.3, -0.25) is 4.79 Å². The number of carbonyl (C=O) groups is 1. The van der Waals surface area contributed by atoms with E-state index >= 15 is 0 Å². The van der Waals surface area contributed by atoms with Gasteiger partial charge < -0.3 is 9.64 Å². The molecule has 1 amide bonds. The van der Waals surface area contributed by atoms with E-state index < -0.39 is 17.3 Å². The Morgan fingerprint density at radius 3 is 2.50 bits per heavy atom. The van der Waals surface area contributed by atoms with Gasteiger partial charge in [-0.05, 0) is 43.7 Å². The van der Waals surface area contributed by atoms with Crippen LogP contribution in [0.25, 0.3) is 5.70 Å². The fourth-order valence-electron chi connectivity index (χ4n) is 3.73. The average Bonchev–Trinajstić information content (AvgIpc) is 2.95. The van der Waals surface area contributed by atoms with E-state index in [0.717, 1.165) is 23.3 Å². The molecule has 3 nitrogen and oxygen atoms in total. The Morgan fingerprint density at radius 1 is 1.14 bits per heavy atom. The normalized spacial score (nSPS) is 18.1. The Labute approximate surface area is 168 Å². The second-order valence-corrected chi connectivity index (χ2v) is 7.89. The standard InChI is InChI=1S/C21H17BrF3NO2/c1-20(2)16(10-22)18(26-11-12-5-3-4-6-14(12)19(26)27)15-9-13(21(23,24)25)7-8-17(15)28-20/h3-9H,10-11H2,1-2H3. The highest BCUT2D eigenvalue weighted by Gasteiger charge is 2.42. The zero-order valence-electron chi connectivity index (χ0n) is 15.2. The topological polar surface area (TPSA) is 29.5 Å². The molecule has 2 aromatic carbocycles. The molecule has 7 heteroatoms. The molecule has 0 unspecified atom stereocenters. The smallest absolute Gasteiger partial charge is 0.416 e. The lowest BCUT2D eigenvalue weighted by atomic mass is 9.89. The van der Waals surface area contributed by atoms with Crippen molar-refractivity contribution >= 4 is 27.5 Å². The summed E-state index contributed by atoms with van der Waals surface area (Å²) in [5, 5.41) is 0.366. The van der Waals surface area contributed by atoms with Gasteiger partial charge in [0.2, 0.25) is 0 Å². The van der Waals surface area contributed by atoms with Crippen molar-refractivity contribution in [3.8, 4) is 5.75 Å². The van der Waals surface area contributed by atoms with Crippen LogP contribution in [0, 0.1) is 0 Å². The van der Waals surface area contributed by atoms with Crippen LogP contribution in [0.1, 0.15) is 40.9 Å². The highest BCUT2D eigenvalue weighted by atomic mass is 79.9. The van der Waals surface area contributed by atoms with Crippen molar-refractivity contribution < 1.29 is 22.7 Å². The summed E-state index contributed by atoms with van der Waals surface area (Å²) in [7, 11) is 0. The highest BCUT2D eigenvalue weighted by Crippen LogP contribution is 2.46. The lowest BCUT2D eigenvalue weighted by Gasteiger charge is -2.39. The molecule has 0 fully saturated rings. The number of halogens is 4. The molecule has 0 spiro atoms. The maximum absolute atomic E-state index is 13.3. The van der Waals surface area contributed by atoms with E-state index in [0.29, 0.717) is 28.9 Å². The number of ether oxygens (including phenoxy) is 1. The minimum Gasteiger partial charge on any atom is -0.483 e. The van der Waals surface area contributed by atoms with Gasteiger partial charge in [0.25, 0.3) is 5.91 Å². The van der Waals surface area contributed by atoms with Gasteiger partial charge in [-0.1, -0.05) is 34.1 Å². The molecule has 0 N–H and O–H groups in total. The monoisotopic (exact) mass is 451 g/mol. The fraction of sp³-hybridized carbons (Fsp3) is 0.286. The number of amides is 1. The third-order valence-electron chi connectivity index (χ3n) is 5.16. The summed E-state index contributed by atoms with van der Waals surface area (Å²) >= 11 is 3.44. The number of rotatable bonds is 2. The SMILES string of the molecule is CC1(C)Oc2ccc(C(F)(F)F)cc2C(N2Cc3ccccc3C2=O)=C1CBr. The van der Waals surface area contributed by atoms with Crippen molar-refractivity contribution in [2.24, 2.45) is 0 Å². The van der Waals surface area contributed by atoms with Crippen LogP contribution < -0.4 is 4.74 Å². The molecule has 0 bridgehead atoms. The second kappa shape index (κ2) is 6.37. The second-order valence-electron chi connectivity index (χ2n) is 7.33. The van der Waals surface area contributed by atoms with Gasteiger partial charge in [0.05, 0.1) is 17.8 Å². The number of carbonyl (C=O) groups excluding carboxylic acids is 1. The Balaban J connectivity index is 1.93. The van der Waals surface area contributed by atoms with Crippen LogP contribution >= 0.6 is 15.9 Å². The molecule has 2 heterocycles. The molecule has 2 aromatic rings. The third-order valence-corrected chi connectivity index (χ3v) is 5.73. The molecule has 4 rings (SSSR count). The van der Waals surface area contributed by atoms with Gasteiger partial charge in [0.1, 0.15) is 11.4 Å². The molecule has 0 saturated carbocycles. The van der Waals surface area contributed by atoms with Gasteiger partial charge in [-0.25, -0.2) is 0 Å². The Kier molecular flexibility index (Phi) is 4.34. The van der Waals surface area contributed by atoms with Crippen LogP contribution in [0.15, 0.2) is 48.0 Å². The first-order valence-corrected chi connectivity index (χ1v) is 9.85. The van der Waals surface area contributed by atoms with E-state index in [9.17, 15) is 18.0 Å². The minimum absolute atomic E-state index is 0.217. The number of nitrogens with zero attached hydrogens (tertiary/aromatic N) is 1. The number of hydrogen-bond acceptors (Lipinski definition) is 2. The molecule has 2 aliphatic heterocycles. The summed E-state index contributed by atoms with van der Waals surface area (Å²) < 4.78 is 46.0.